The SMILES string of the molecule is CC/C=C\C/C=C\C/C=C\C/C=C\C/C=C\C/C=C\CCCCCCCCCCC(=O)NC(CO)C(O)CCCCCCCCCC. The summed E-state index contributed by atoms with van der Waals surface area (Å²) in [6.07, 6.45) is 54.0. The van der Waals surface area contributed by atoms with Gasteiger partial charge >= 0.3 is 0 Å². The molecule has 2 unspecified atom stereocenters. The highest BCUT2D eigenvalue weighted by Crippen LogP contribution is 2.13. The fourth-order valence-corrected chi connectivity index (χ4v) is 5.48. The fraction of sp³-hybridized carbons (Fsp3) is 0.698. The first kappa shape index (κ1) is 44.8. The van der Waals surface area contributed by atoms with Crippen molar-refractivity contribution >= 4 is 5.91 Å². The van der Waals surface area contributed by atoms with E-state index in [1.54, 1.807) is 0 Å². The lowest BCUT2D eigenvalue weighted by Gasteiger charge is -2.22. The molecule has 3 N–H and O–H groups in total. The zero-order valence-corrected chi connectivity index (χ0v) is 30.8. The summed E-state index contributed by atoms with van der Waals surface area (Å²) in [5.74, 6) is -0.0478. The number of aliphatic hydroxyl groups excluding tert-OH is 2. The van der Waals surface area contributed by atoms with Gasteiger partial charge in [-0.2, -0.15) is 0 Å². The second-order valence-electron chi connectivity index (χ2n) is 13.0. The smallest absolute Gasteiger partial charge is 0.220 e. The summed E-state index contributed by atoms with van der Waals surface area (Å²) in [6, 6.07) is -0.542. The lowest BCUT2D eigenvalue weighted by atomic mass is 10.0. The van der Waals surface area contributed by atoms with E-state index >= 15 is 0 Å². The van der Waals surface area contributed by atoms with Gasteiger partial charge < -0.3 is 15.5 Å². The van der Waals surface area contributed by atoms with Crippen LogP contribution in [0, 0.1) is 0 Å². The molecule has 0 bridgehead atoms. The number of allylic oxidation sites excluding steroid dienone is 12. The molecule has 0 saturated carbocycles. The number of hydrogen-bond donors (Lipinski definition) is 3. The van der Waals surface area contributed by atoms with Gasteiger partial charge in [-0.05, 0) is 64.2 Å². The summed E-state index contributed by atoms with van der Waals surface area (Å²) < 4.78 is 0. The van der Waals surface area contributed by atoms with E-state index in [4.69, 9.17) is 0 Å². The molecule has 0 aromatic rings. The van der Waals surface area contributed by atoms with Gasteiger partial charge in [-0.15, -0.1) is 0 Å². The number of carbonyl (C=O) groups excluding carboxylic acids is 1. The first-order chi connectivity index (χ1) is 23.2. The van der Waals surface area contributed by atoms with Crippen LogP contribution in [0.15, 0.2) is 72.9 Å². The second kappa shape index (κ2) is 38.3. The minimum absolute atomic E-state index is 0.0478. The van der Waals surface area contributed by atoms with Crippen LogP contribution in [0.5, 0.6) is 0 Å². The molecule has 0 heterocycles. The van der Waals surface area contributed by atoms with Crippen molar-refractivity contribution in [1.82, 2.24) is 5.32 Å². The third-order valence-corrected chi connectivity index (χ3v) is 8.48. The lowest BCUT2D eigenvalue weighted by molar-refractivity contribution is -0.123. The van der Waals surface area contributed by atoms with Gasteiger partial charge in [0.15, 0.2) is 0 Å². The Kier molecular flexibility index (Phi) is 36.5. The summed E-state index contributed by atoms with van der Waals surface area (Å²) in [6.45, 7) is 4.19. The summed E-state index contributed by atoms with van der Waals surface area (Å²) in [5.41, 5.74) is 0. The van der Waals surface area contributed by atoms with E-state index in [9.17, 15) is 15.0 Å². The Labute approximate surface area is 291 Å². The van der Waals surface area contributed by atoms with Crippen LogP contribution in [0.2, 0.25) is 0 Å². The molecule has 0 fully saturated rings. The van der Waals surface area contributed by atoms with Crippen LogP contribution in [0.4, 0.5) is 0 Å². The average Bonchev–Trinajstić information content (AvgIpc) is 3.07. The fourth-order valence-electron chi connectivity index (χ4n) is 5.48. The molecule has 0 aromatic heterocycles. The quantitative estimate of drug-likeness (QED) is 0.0478. The second-order valence-corrected chi connectivity index (χ2v) is 13.0. The van der Waals surface area contributed by atoms with E-state index in [1.807, 2.05) is 0 Å². The Balaban J connectivity index is 3.59. The maximum absolute atomic E-state index is 12.3. The maximum Gasteiger partial charge on any atom is 0.220 e. The number of amides is 1. The number of carbonyl (C=O) groups is 1. The Morgan fingerprint density at radius 1 is 0.532 bits per heavy atom. The largest absolute Gasteiger partial charge is 0.394 e. The summed E-state index contributed by atoms with van der Waals surface area (Å²) in [4.78, 5) is 12.3. The van der Waals surface area contributed by atoms with Gasteiger partial charge in [0.1, 0.15) is 0 Å². The normalized spacial score (nSPS) is 13.9. The van der Waals surface area contributed by atoms with E-state index < -0.39 is 12.1 Å². The highest BCUT2D eigenvalue weighted by Gasteiger charge is 2.19. The average molecular weight is 654 g/mol. The van der Waals surface area contributed by atoms with E-state index in [-0.39, 0.29) is 12.5 Å². The van der Waals surface area contributed by atoms with E-state index in [2.05, 4.69) is 92.1 Å². The Hall–Kier alpha value is -2.17. The van der Waals surface area contributed by atoms with Crippen LogP contribution < -0.4 is 5.32 Å². The van der Waals surface area contributed by atoms with Crippen molar-refractivity contribution in [3.8, 4) is 0 Å². The van der Waals surface area contributed by atoms with E-state index in [1.165, 1.54) is 83.5 Å². The van der Waals surface area contributed by atoms with Crippen LogP contribution in [-0.4, -0.2) is 34.9 Å². The minimum Gasteiger partial charge on any atom is -0.394 e. The third-order valence-electron chi connectivity index (χ3n) is 8.48. The van der Waals surface area contributed by atoms with Crippen molar-refractivity contribution in [3.05, 3.63) is 72.9 Å². The van der Waals surface area contributed by atoms with Gasteiger partial charge in [0.25, 0.3) is 0 Å². The molecule has 0 aromatic carbocycles. The summed E-state index contributed by atoms with van der Waals surface area (Å²) in [7, 11) is 0. The van der Waals surface area contributed by atoms with Crippen molar-refractivity contribution in [2.75, 3.05) is 6.61 Å². The number of unbranched alkanes of at least 4 members (excludes halogenated alkanes) is 15. The molecular weight excluding hydrogens is 578 g/mol. The molecule has 0 aliphatic carbocycles. The molecule has 1 amide bonds. The number of hydrogen-bond acceptors (Lipinski definition) is 3. The monoisotopic (exact) mass is 654 g/mol. The molecule has 0 saturated heterocycles. The van der Waals surface area contributed by atoms with Crippen LogP contribution in [-0.2, 0) is 4.79 Å². The highest BCUT2D eigenvalue weighted by atomic mass is 16.3. The molecular formula is C43H75NO3. The summed E-state index contributed by atoms with van der Waals surface area (Å²) >= 11 is 0. The number of nitrogens with one attached hydrogen (secondary N) is 1. The number of aliphatic hydroxyl groups is 2. The molecule has 0 rings (SSSR count). The Bertz CT molecular complexity index is 838. The minimum atomic E-state index is -0.663. The zero-order chi connectivity index (χ0) is 34.3. The molecule has 47 heavy (non-hydrogen) atoms. The van der Waals surface area contributed by atoms with Crippen molar-refractivity contribution < 1.29 is 15.0 Å². The molecule has 2 atom stereocenters. The number of rotatable bonds is 34. The van der Waals surface area contributed by atoms with Crippen molar-refractivity contribution in [2.45, 2.75) is 187 Å². The Morgan fingerprint density at radius 3 is 1.40 bits per heavy atom. The van der Waals surface area contributed by atoms with E-state index in [0.29, 0.717) is 12.8 Å². The molecule has 4 heteroatoms. The standard InChI is InChI=1S/C43H75NO3/c1-3-5-7-9-11-13-14-15-16-17-18-19-20-21-22-23-24-25-26-27-28-29-30-31-33-35-37-39-43(47)44-41(40-45)42(46)38-36-34-32-12-10-8-6-4-2/h5,7,11,13,15-16,18-19,21-22,24-25,41-42,45-46H,3-4,6,8-10,12,14,17,20,23,26-40H2,1-2H3,(H,44,47)/b7-5-,13-11-,16-15-,19-18-,22-21-,25-24-. The van der Waals surface area contributed by atoms with Crippen LogP contribution in [0.3, 0.4) is 0 Å². The first-order valence-corrected chi connectivity index (χ1v) is 19.6. The van der Waals surface area contributed by atoms with Crippen molar-refractivity contribution in [1.29, 1.82) is 0 Å². The van der Waals surface area contributed by atoms with Gasteiger partial charge in [-0.1, -0.05) is 177 Å². The van der Waals surface area contributed by atoms with Gasteiger partial charge in [0.2, 0.25) is 5.91 Å². The maximum atomic E-state index is 12.3. The topological polar surface area (TPSA) is 69.6 Å². The Morgan fingerprint density at radius 2 is 0.936 bits per heavy atom. The van der Waals surface area contributed by atoms with E-state index in [0.717, 1.165) is 64.2 Å². The van der Waals surface area contributed by atoms with Crippen LogP contribution in [0.1, 0.15) is 174 Å². The van der Waals surface area contributed by atoms with Crippen molar-refractivity contribution in [2.24, 2.45) is 0 Å². The molecule has 0 spiro atoms. The summed E-state index contributed by atoms with van der Waals surface area (Å²) in [5, 5.41) is 22.9. The molecule has 0 radical (unpaired) electrons. The molecule has 270 valence electrons. The third kappa shape index (κ3) is 35.0. The molecule has 4 nitrogen and oxygen atoms in total. The zero-order valence-electron chi connectivity index (χ0n) is 30.8. The van der Waals surface area contributed by atoms with Gasteiger partial charge in [0, 0.05) is 6.42 Å². The van der Waals surface area contributed by atoms with Crippen molar-refractivity contribution in [3.63, 3.8) is 0 Å². The highest BCUT2D eigenvalue weighted by molar-refractivity contribution is 5.76. The predicted molar refractivity (Wildman–Crippen MR) is 207 cm³/mol. The van der Waals surface area contributed by atoms with Gasteiger partial charge in [-0.3, -0.25) is 4.79 Å². The predicted octanol–water partition coefficient (Wildman–Crippen LogP) is 12.0. The molecule has 0 aliphatic rings. The molecule has 0 aliphatic heterocycles. The van der Waals surface area contributed by atoms with Gasteiger partial charge in [-0.25, -0.2) is 0 Å². The van der Waals surface area contributed by atoms with Gasteiger partial charge in [0.05, 0.1) is 18.8 Å². The van der Waals surface area contributed by atoms with Crippen LogP contribution >= 0.6 is 0 Å². The lowest BCUT2D eigenvalue weighted by Crippen LogP contribution is -2.45. The van der Waals surface area contributed by atoms with Crippen LogP contribution in [0.25, 0.3) is 0 Å². The first-order valence-electron chi connectivity index (χ1n) is 19.6.